The van der Waals surface area contributed by atoms with Crippen LogP contribution >= 0.6 is 23.4 Å². The number of nitrogens with one attached hydrogen (secondary N) is 2. The Morgan fingerprint density at radius 1 is 1.21 bits per heavy atom. The van der Waals surface area contributed by atoms with Crippen LogP contribution in [0.15, 0.2) is 29.2 Å². The molecule has 1 fully saturated rings. The summed E-state index contributed by atoms with van der Waals surface area (Å²) < 4.78 is 0. The van der Waals surface area contributed by atoms with Crippen molar-refractivity contribution in [1.29, 1.82) is 0 Å². The number of imide groups is 1. The zero-order valence-corrected chi connectivity index (χ0v) is 17.2. The van der Waals surface area contributed by atoms with Crippen molar-refractivity contribution in [3.63, 3.8) is 0 Å². The van der Waals surface area contributed by atoms with Gasteiger partial charge in [-0.3, -0.25) is 24.1 Å². The zero-order valence-electron chi connectivity index (χ0n) is 15.7. The number of hydrogen-bond donors (Lipinski definition) is 2. The van der Waals surface area contributed by atoms with Crippen LogP contribution in [0.3, 0.4) is 0 Å². The molecular formula is C19H22ClN3O4S. The van der Waals surface area contributed by atoms with Crippen molar-refractivity contribution in [2.45, 2.75) is 20.3 Å². The summed E-state index contributed by atoms with van der Waals surface area (Å²) in [5.74, 6) is -1.11. The lowest BCUT2D eigenvalue weighted by Crippen LogP contribution is -2.42. The molecule has 0 saturated carbocycles. The molecule has 7 nitrogen and oxygen atoms in total. The van der Waals surface area contributed by atoms with Gasteiger partial charge in [-0.05, 0) is 42.0 Å². The molecule has 2 rings (SSSR count). The third-order valence-electron chi connectivity index (χ3n) is 4.18. The largest absolute Gasteiger partial charge is 0.353 e. The number of amides is 4. The van der Waals surface area contributed by atoms with E-state index in [0.29, 0.717) is 16.3 Å². The quantitative estimate of drug-likeness (QED) is 0.627. The highest BCUT2D eigenvalue weighted by Crippen LogP contribution is 2.32. The number of carbonyl (C=O) groups is 4. The van der Waals surface area contributed by atoms with Gasteiger partial charge in [-0.25, -0.2) is 0 Å². The first-order valence-electron chi connectivity index (χ1n) is 8.87. The maximum absolute atomic E-state index is 12.4. The first-order valence-corrected chi connectivity index (χ1v) is 10.1. The van der Waals surface area contributed by atoms with Gasteiger partial charge >= 0.3 is 0 Å². The van der Waals surface area contributed by atoms with Crippen LogP contribution in [0.1, 0.15) is 25.8 Å². The summed E-state index contributed by atoms with van der Waals surface area (Å²) in [6.45, 7) is 3.71. The molecule has 1 saturated heterocycles. The van der Waals surface area contributed by atoms with Crippen molar-refractivity contribution in [3.8, 4) is 0 Å². The summed E-state index contributed by atoms with van der Waals surface area (Å²) in [7, 11) is 0. The van der Waals surface area contributed by atoms with Crippen LogP contribution in [0.5, 0.6) is 0 Å². The van der Waals surface area contributed by atoms with E-state index < -0.39 is 5.91 Å². The minimum Gasteiger partial charge on any atom is -0.353 e. The highest BCUT2D eigenvalue weighted by Gasteiger charge is 2.34. The number of halogens is 1. The average Bonchev–Trinajstić information content (AvgIpc) is 2.94. The molecule has 1 aromatic rings. The van der Waals surface area contributed by atoms with E-state index in [4.69, 9.17) is 11.6 Å². The summed E-state index contributed by atoms with van der Waals surface area (Å²) in [5.41, 5.74) is 0.764. The molecule has 1 aliphatic rings. The van der Waals surface area contributed by atoms with Gasteiger partial charge in [0.1, 0.15) is 0 Å². The van der Waals surface area contributed by atoms with E-state index in [0.717, 1.165) is 22.2 Å². The highest BCUT2D eigenvalue weighted by molar-refractivity contribution is 8.18. The summed E-state index contributed by atoms with van der Waals surface area (Å²) in [6, 6.07) is 6.91. The predicted octanol–water partition coefficient (Wildman–Crippen LogP) is 2.65. The van der Waals surface area contributed by atoms with Crippen LogP contribution in [0.2, 0.25) is 5.02 Å². The van der Waals surface area contributed by atoms with Crippen LogP contribution in [-0.4, -0.2) is 47.5 Å². The Bertz CT molecular complexity index is 795. The molecule has 0 spiro atoms. The maximum Gasteiger partial charge on any atom is 0.293 e. The second-order valence-electron chi connectivity index (χ2n) is 6.26. The molecule has 1 aromatic carbocycles. The van der Waals surface area contributed by atoms with Crippen LogP contribution in [-0.2, 0) is 14.4 Å². The van der Waals surface area contributed by atoms with Gasteiger partial charge in [0.15, 0.2) is 0 Å². The molecule has 1 heterocycles. The molecule has 0 radical (unpaired) electrons. The molecule has 9 heteroatoms. The Balaban J connectivity index is 1.82. The van der Waals surface area contributed by atoms with Gasteiger partial charge in [0.2, 0.25) is 11.8 Å². The molecule has 1 aliphatic heterocycles. The van der Waals surface area contributed by atoms with Crippen LogP contribution in [0.25, 0.3) is 6.08 Å². The van der Waals surface area contributed by atoms with Gasteiger partial charge in [-0.2, -0.15) is 0 Å². The molecule has 1 unspecified atom stereocenters. The van der Waals surface area contributed by atoms with E-state index in [-0.39, 0.29) is 42.6 Å². The van der Waals surface area contributed by atoms with E-state index >= 15 is 0 Å². The number of benzene rings is 1. The standard InChI is InChI=1S/C19H22ClN3O4S/c1-3-12(2)17(25)22-11-16(24)21-8-9-23-18(26)15(28-19(23)27)10-13-4-6-14(20)7-5-13/h4-7,10,12H,3,8-9,11H2,1-2H3,(H,21,24)(H,22,25)/b15-10+. The molecule has 0 bridgehead atoms. The van der Waals surface area contributed by atoms with E-state index in [2.05, 4.69) is 10.6 Å². The summed E-state index contributed by atoms with van der Waals surface area (Å²) in [4.78, 5) is 49.3. The number of nitrogens with zero attached hydrogens (tertiary/aromatic N) is 1. The smallest absolute Gasteiger partial charge is 0.293 e. The maximum atomic E-state index is 12.4. The SMILES string of the molecule is CCC(C)C(=O)NCC(=O)NCCN1C(=O)S/C(=C/c2ccc(Cl)cc2)C1=O. The summed E-state index contributed by atoms with van der Waals surface area (Å²) in [5, 5.41) is 5.34. The van der Waals surface area contributed by atoms with Gasteiger partial charge in [-0.1, -0.05) is 37.6 Å². The first kappa shape index (κ1) is 22.0. The van der Waals surface area contributed by atoms with Crippen molar-refractivity contribution in [2.24, 2.45) is 5.92 Å². The van der Waals surface area contributed by atoms with E-state index in [9.17, 15) is 19.2 Å². The Labute approximate surface area is 172 Å². The summed E-state index contributed by atoms with van der Waals surface area (Å²) in [6.07, 6.45) is 2.32. The molecule has 150 valence electrons. The number of rotatable bonds is 8. The highest BCUT2D eigenvalue weighted by atomic mass is 35.5. The minimum absolute atomic E-state index is 0.0632. The Morgan fingerprint density at radius 2 is 1.89 bits per heavy atom. The van der Waals surface area contributed by atoms with E-state index in [1.807, 2.05) is 6.92 Å². The fourth-order valence-corrected chi connectivity index (χ4v) is 3.29. The lowest BCUT2D eigenvalue weighted by atomic mass is 10.1. The zero-order chi connectivity index (χ0) is 20.7. The molecule has 4 amide bonds. The fourth-order valence-electron chi connectivity index (χ4n) is 2.30. The normalized spacial score (nSPS) is 16.4. The topological polar surface area (TPSA) is 95.6 Å². The van der Waals surface area contributed by atoms with Crippen LogP contribution < -0.4 is 10.6 Å². The van der Waals surface area contributed by atoms with E-state index in [1.54, 1.807) is 37.3 Å². The Morgan fingerprint density at radius 3 is 2.54 bits per heavy atom. The Kier molecular flexibility index (Phi) is 8.07. The fraction of sp³-hybridized carbons (Fsp3) is 0.368. The third kappa shape index (κ3) is 6.10. The molecule has 2 N–H and O–H groups in total. The van der Waals surface area contributed by atoms with Crippen molar-refractivity contribution in [3.05, 3.63) is 39.8 Å². The molecule has 0 aliphatic carbocycles. The van der Waals surface area contributed by atoms with Gasteiger partial charge < -0.3 is 10.6 Å². The minimum atomic E-state index is -0.399. The number of thioether (sulfide) groups is 1. The molecule has 1 atom stereocenters. The van der Waals surface area contributed by atoms with Crippen molar-refractivity contribution >= 4 is 52.4 Å². The summed E-state index contributed by atoms with van der Waals surface area (Å²) >= 11 is 6.69. The van der Waals surface area contributed by atoms with Crippen molar-refractivity contribution < 1.29 is 19.2 Å². The molecule has 0 aromatic heterocycles. The lowest BCUT2D eigenvalue weighted by molar-refractivity contribution is -0.128. The Hall–Kier alpha value is -2.32. The number of carbonyl (C=O) groups excluding carboxylic acids is 4. The van der Waals surface area contributed by atoms with Gasteiger partial charge in [0.25, 0.3) is 11.1 Å². The van der Waals surface area contributed by atoms with Crippen molar-refractivity contribution in [1.82, 2.24) is 15.5 Å². The third-order valence-corrected chi connectivity index (χ3v) is 5.34. The second kappa shape index (κ2) is 10.3. The first-order chi connectivity index (χ1) is 13.3. The van der Waals surface area contributed by atoms with Gasteiger partial charge in [0, 0.05) is 24.0 Å². The predicted molar refractivity (Wildman–Crippen MR) is 110 cm³/mol. The van der Waals surface area contributed by atoms with E-state index in [1.165, 1.54) is 0 Å². The molecular weight excluding hydrogens is 402 g/mol. The van der Waals surface area contributed by atoms with Crippen LogP contribution in [0, 0.1) is 5.92 Å². The van der Waals surface area contributed by atoms with Crippen LogP contribution in [0.4, 0.5) is 4.79 Å². The van der Waals surface area contributed by atoms with Gasteiger partial charge in [-0.15, -0.1) is 0 Å². The van der Waals surface area contributed by atoms with Gasteiger partial charge in [0.05, 0.1) is 11.4 Å². The lowest BCUT2D eigenvalue weighted by Gasteiger charge is -2.13. The number of hydrogen-bond acceptors (Lipinski definition) is 5. The molecule has 28 heavy (non-hydrogen) atoms. The second-order valence-corrected chi connectivity index (χ2v) is 7.69. The van der Waals surface area contributed by atoms with Crippen molar-refractivity contribution in [2.75, 3.05) is 19.6 Å². The average molecular weight is 424 g/mol. The monoisotopic (exact) mass is 423 g/mol.